The third kappa shape index (κ3) is 4.92. The monoisotopic (exact) mass is 415 g/mol. The molecule has 1 N–H and O–H groups in total. The number of fused-ring (bicyclic) bond motifs is 1. The van der Waals surface area contributed by atoms with E-state index in [4.69, 9.17) is 4.98 Å². The highest BCUT2D eigenvalue weighted by Crippen LogP contribution is 2.25. The summed E-state index contributed by atoms with van der Waals surface area (Å²) in [5.74, 6) is 0.351. The number of nitrogens with zero attached hydrogens (tertiary/aromatic N) is 2. The van der Waals surface area contributed by atoms with Gasteiger partial charge in [-0.1, -0.05) is 84.6 Å². The van der Waals surface area contributed by atoms with E-state index < -0.39 is 0 Å². The van der Waals surface area contributed by atoms with Crippen LogP contribution in [0.2, 0.25) is 0 Å². The van der Waals surface area contributed by atoms with Gasteiger partial charge in [0.25, 0.3) is 0 Å². The topological polar surface area (TPSA) is 46.9 Å². The lowest BCUT2D eigenvalue weighted by molar-refractivity contribution is -0.119. The van der Waals surface area contributed by atoms with Crippen molar-refractivity contribution in [3.05, 3.63) is 96.1 Å². The number of hydrogen-bond acceptors (Lipinski definition) is 3. The molecule has 0 aliphatic heterocycles. The standard InChI is InChI=1S/C25H25N3OS/c1-19(21-12-6-3-7-13-21)26-24(29)18-30-25-27-22-14-8-9-15-23(22)28(25)17-16-20-10-4-2-5-11-20/h2-15,19H,16-18H2,1H3,(H,26,29)/t19-/m1/s1. The molecule has 0 aliphatic rings. The van der Waals surface area contributed by atoms with E-state index >= 15 is 0 Å². The van der Waals surface area contributed by atoms with E-state index in [1.54, 1.807) is 0 Å². The number of amides is 1. The highest BCUT2D eigenvalue weighted by atomic mass is 32.2. The van der Waals surface area contributed by atoms with Crippen LogP contribution in [-0.2, 0) is 17.8 Å². The van der Waals surface area contributed by atoms with Gasteiger partial charge in [-0.3, -0.25) is 4.79 Å². The number of nitrogens with one attached hydrogen (secondary N) is 1. The second-order valence-corrected chi connectivity index (χ2v) is 8.20. The van der Waals surface area contributed by atoms with Gasteiger partial charge >= 0.3 is 0 Å². The molecule has 4 aromatic rings. The lowest BCUT2D eigenvalue weighted by Crippen LogP contribution is -2.28. The second kappa shape index (κ2) is 9.63. The van der Waals surface area contributed by atoms with Gasteiger partial charge in [0.15, 0.2) is 5.16 Å². The number of carbonyl (C=O) groups excluding carboxylic acids is 1. The molecule has 5 heteroatoms. The summed E-state index contributed by atoms with van der Waals surface area (Å²) in [6.45, 7) is 2.84. The fraction of sp³-hybridized carbons (Fsp3) is 0.200. The van der Waals surface area contributed by atoms with Crippen LogP contribution in [0.3, 0.4) is 0 Å². The average molecular weight is 416 g/mol. The zero-order chi connectivity index (χ0) is 20.8. The highest BCUT2D eigenvalue weighted by Gasteiger charge is 2.14. The number of aromatic nitrogens is 2. The molecule has 0 fully saturated rings. The molecule has 0 bridgehead atoms. The van der Waals surface area contributed by atoms with Crippen molar-refractivity contribution < 1.29 is 4.79 Å². The quantitative estimate of drug-likeness (QED) is 0.400. The molecule has 0 saturated heterocycles. The highest BCUT2D eigenvalue weighted by molar-refractivity contribution is 7.99. The fourth-order valence-electron chi connectivity index (χ4n) is 3.50. The maximum Gasteiger partial charge on any atom is 0.230 e. The number of carbonyl (C=O) groups is 1. The van der Waals surface area contributed by atoms with E-state index in [0.717, 1.165) is 34.7 Å². The maximum absolute atomic E-state index is 12.5. The molecule has 30 heavy (non-hydrogen) atoms. The van der Waals surface area contributed by atoms with Crippen molar-refractivity contribution >= 4 is 28.7 Å². The number of imidazole rings is 1. The molecule has 0 spiro atoms. The number of para-hydroxylation sites is 2. The van der Waals surface area contributed by atoms with Crippen LogP contribution in [0.1, 0.15) is 24.1 Å². The number of aryl methyl sites for hydroxylation is 2. The van der Waals surface area contributed by atoms with Gasteiger partial charge < -0.3 is 9.88 Å². The zero-order valence-corrected chi connectivity index (χ0v) is 17.8. The molecule has 1 aromatic heterocycles. The van der Waals surface area contributed by atoms with Gasteiger partial charge in [0.2, 0.25) is 5.91 Å². The van der Waals surface area contributed by atoms with Gasteiger partial charge in [0, 0.05) is 6.54 Å². The van der Waals surface area contributed by atoms with E-state index in [1.807, 2.05) is 61.5 Å². The molecule has 1 amide bonds. The summed E-state index contributed by atoms with van der Waals surface area (Å²) >= 11 is 1.49. The molecule has 1 atom stereocenters. The summed E-state index contributed by atoms with van der Waals surface area (Å²) in [6, 6.07) is 28.6. The lowest BCUT2D eigenvalue weighted by Gasteiger charge is -2.14. The third-order valence-corrected chi connectivity index (χ3v) is 6.07. The van der Waals surface area contributed by atoms with Gasteiger partial charge in [-0.15, -0.1) is 0 Å². The number of thioether (sulfide) groups is 1. The molecular weight excluding hydrogens is 390 g/mol. The van der Waals surface area contributed by atoms with Gasteiger partial charge in [-0.25, -0.2) is 4.98 Å². The fourth-order valence-corrected chi connectivity index (χ4v) is 4.36. The van der Waals surface area contributed by atoms with Crippen molar-refractivity contribution in [2.75, 3.05) is 5.75 Å². The van der Waals surface area contributed by atoms with Crippen molar-refractivity contribution in [1.29, 1.82) is 0 Å². The van der Waals surface area contributed by atoms with Gasteiger partial charge in [0.1, 0.15) is 0 Å². The molecule has 3 aromatic carbocycles. The number of hydrogen-bond donors (Lipinski definition) is 1. The van der Waals surface area contributed by atoms with E-state index in [-0.39, 0.29) is 11.9 Å². The summed E-state index contributed by atoms with van der Waals surface area (Å²) in [7, 11) is 0. The van der Waals surface area contributed by atoms with Crippen LogP contribution in [0.5, 0.6) is 0 Å². The smallest absolute Gasteiger partial charge is 0.230 e. The van der Waals surface area contributed by atoms with Crippen LogP contribution >= 0.6 is 11.8 Å². The van der Waals surface area contributed by atoms with Crippen molar-refractivity contribution in [3.8, 4) is 0 Å². The Kier molecular flexibility index (Phi) is 6.50. The summed E-state index contributed by atoms with van der Waals surface area (Å²) < 4.78 is 2.22. The van der Waals surface area contributed by atoms with Crippen LogP contribution in [-0.4, -0.2) is 21.2 Å². The van der Waals surface area contributed by atoms with E-state index in [0.29, 0.717) is 5.75 Å². The Hall–Kier alpha value is -3.05. The Morgan fingerprint density at radius 1 is 0.967 bits per heavy atom. The van der Waals surface area contributed by atoms with Crippen LogP contribution in [0, 0.1) is 0 Å². The van der Waals surface area contributed by atoms with Crippen LogP contribution in [0.15, 0.2) is 90.1 Å². The Labute approximate surface area is 181 Å². The van der Waals surface area contributed by atoms with Gasteiger partial charge in [-0.05, 0) is 36.6 Å². The SMILES string of the molecule is C[C@@H](NC(=O)CSc1nc2ccccc2n1CCc1ccccc1)c1ccccc1. The molecular formula is C25H25N3OS. The van der Waals surface area contributed by atoms with Crippen LogP contribution < -0.4 is 5.32 Å². The molecule has 0 unspecified atom stereocenters. The van der Waals surface area contributed by atoms with Crippen LogP contribution in [0.25, 0.3) is 11.0 Å². The molecule has 0 saturated carbocycles. The average Bonchev–Trinajstić information content (AvgIpc) is 3.15. The lowest BCUT2D eigenvalue weighted by atomic mass is 10.1. The molecule has 0 aliphatic carbocycles. The summed E-state index contributed by atoms with van der Waals surface area (Å²) in [5, 5.41) is 3.96. The predicted octanol–water partition coefficient (Wildman–Crippen LogP) is 5.25. The molecule has 1 heterocycles. The first-order chi connectivity index (χ1) is 14.7. The summed E-state index contributed by atoms with van der Waals surface area (Å²) in [6.07, 6.45) is 0.923. The Bertz CT molecular complexity index is 1110. The molecule has 0 radical (unpaired) electrons. The van der Waals surface area contributed by atoms with E-state index in [2.05, 4.69) is 40.2 Å². The number of rotatable bonds is 8. The third-order valence-electron chi connectivity index (χ3n) is 5.10. The molecule has 4 nitrogen and oxygen atoms in total. The minimum atomic E-state index is -0.0174. The first kappa shape index (κ1) is 20.2. The van der Waals surface area contributed by atoms with E-state index in [9.17, 15) is 4.79 Å². The maximum atomic E-state index is 12.5. The molecule has 152 valence electrons. The van der Waals surface area contributed by atoms with Gasteiger partial charge in [0.05, 0.1) is 22.8 Å². The summed E-state index contributed by atoms with van der Waals surface area (Å²) in [4.78, 5) is 17.3. The normalized spacial score (nSPS) is 12.0. The van der Waals surface area contributed by atoms with Crippen LogP contribution in [0.4, 0.5) is 0 Å². The van der Waals surface area contributed by atoms with Crippen molar-refractivity contribution in [2.45, 2.75) is 31.1 Å². The van der Waals surface area contributed by atoms with Gasteiger partial charge in [-0.2, -0.15) is 0 Å². The number of benzene rings is 3. The zero-order valence-electron chi connectivity index (χ0n) is 17.0. The Morgan fingerprint density at radius 3 is 2.40 bits per heavy atom. The Morgan fingerprint density at radius 2 is 1.63 bits per heavy atom. The largest absolute Gasteiger partial charge is 0.349 e. The predicted molar refractivity (Wildman–Crippen MR) is 124 cm³/mol. The second-order valence-electron chi connectivity index (χ2n) is 7.26. The first-order valence-corrected chi connectivity index (χ1v) is 11.2. The first-order valence-electron chi connectivity index (χ1n) is 10.2. The van der Waals surface area contributed by atoms with Crippen molar-refractivity contribution in [1.82, 2.24) is 14.9 Å². The van der Waals surface area contributed by atoms with E-state index in [1.165, 1.54) is 17.3 Å². The Balaban J connectivity index is 1.44. The van der Waals surface area contributed by atoms with Crippen molar-refractivity contribution in [2.24, 2.45) is 0 Å². The summed E-state index contributed by atoms with van der Waals surface area (Å²) in [5.41, 5.74) is 4.46. The minimum absolute atomic E-state index is 0.0121. The van der Waals surface area contributed by atoms with Crippen molar-refractivity contribution in [3.63, 3.8) is 0 Å². The minimum Gasteiger partial charge on any atom is -0.349 e. The molecule has 4 rings (SSSR count).